The molecule has 0 fully saturated rings. The van der Waals surface area contributed by atoms with Crippen molar-refractivity contribution in [3.63, 3.8) is 0 Å². The lowest BCUT2D eigenvalue weighted by atomic mass is 10.1. The summed E-state index contributed by atoms with van der Waals surface area (Å²) in [4.78, 5) is 11.0. The van der Waals surface area contributed by atoms with Crippen LogP contribution in [0.5, 0.6) is 0 Å². The maximum atomic E-state index is 11.0. The van der Waals surface area contributed by atoms with Crippen LogP contribution in [0.25, 0.3) is 0 Å². The Balaban J connectivity index is 3.71. The molecule has 0 aromatic heterocycles. The van der Waals surface area contributed by atoms with Crippen molar-refractivity contribution in [3.05, 3.63) is 37.0 Å². The van der Waals surface area contributed by atoms with Crippen molar-refractivity contribution in [3.8, 4) is 0 Å². The number of hydrogen-bond donors (Lipinski definition) is 1. The zero-order valence-corrected chi connectivity index (χ0v) is 8.99. The molecule has 0 saturated carbocycles. The summed E-state index contributed by atoms with van der Waals surface area (Å²) < 4.78 is 0. The lowest BCUT2D eigenvalue weighted by Crippen LogP contribution is -2.31. The van der Waals surface area contributed by atoms with Gasteiger partial charge in [0, 0.05) is 0 Å². The lowest BCUT2D eigenvalue weighted by molar-refractivity contribution is -0.118. The maximum Gasteiger partial charge on any atom is 0.146 e. The van der Waals surface area contributed by atoms with E-state index in [2.05, 4.69) is 11.9 Å². The van der Waals surface area contributed by atoms with E-state index in [1.54, 1.807) is 13.0 Å². The first-order valence-corrected chi connectivity index (χ1v) is 4.84. The Morgan fingerprint density at radius 3 is 2.64 bits per heavy atom. The minimum Gasteiger partial charge on any atom is -0.311 e. The number of nitrogens with one attached hydrogen (secondary N) is 1. The Labute approximate surface area is 86.4 Å². The summed E-state index contributed by atoms with van der Waals surface area (Å²) in [7, 11) is 1.81. The molecular formula is C12H19NO. The monoisotopic (exact) mass is 193 g/mol. The van der Waals surface area contributed by atoms with E-state index in [4.69, 9.17) is 0 Å². The van der Waals surface area contributed by atoms with E-state index in [0.717, 1.165) is 12.8 Å². The van der Waals surface area contributed by atoms with Gasteiger partial charge in [-0.05, 0) is 26.8 Å². The van der Waals surface area contributed by atoms with Gasteiger partial charge in [0.2, 0.25) is 0 Å². The predicted octanol–water partition coefficient (Wildman–Crippen LogP) is 2.24. The topological polar surface area (TPSA) is 29.1 Å². The molecule has 1 unspecified atom stereocenters. The number of hydrogen-bond acceptors (Lipinski definition) is 2. The van der Waals surface area contributed by atoms with E-state index in [9.17, 15) is 4.79 Å². The van der Waals surface area contributed by atoms with Gasteiger partial charge in [-0.2, -0.15) is 0 Å². The first kappa shape index (κ1) is 12.8. The minimum absolute atomic E-state index is 0.0111. The first-order valence-electron chi connectivity index (χ1n) is 4.84. The van der Waals surface area contributed by atoms with E-state index in [-0.39, 0.29) is 11.8 Å². The van der Waals surface area contributed by atoms with Crippen LogP contribution in [0.3, 0.4) is 0 Å². The number of likely N-dealkylation sites (N-methyl/N-ethyl adjacent to an activating group) is 1. The van der Waals surface area contributed by atoms with Gasteiger partial charge in [0.15, 0.2) is 0 Å². The average molecular weight is 193 g/mol. The Bertz CT molecular complexity index is 228. The largest absolute Gasteiger partial charge is 0.311 e. The zero-order chi connectivity index (χ0) is 10.8. The zero-order valence-electron chi connectivity index (χ0n) is 8.99. The van der Waals surface area contributed by atoms with Crippen molar-refractivity contribution in [1.82, 2.24) is 5.32 Å². The van der Waals surface area contributed by atoms with Crippen LogP contribution in [-0.4, -0.2) is 18.9 Å². The van der Waals surface area contributed by atoms with E-state index in [1.807, 2.05) is 31.4 Å². The van der Waals surface area contributed by atoms with Crippen molar-refractivity contribution in [2.24, 2.45) is 0 Å². The molecule has 78 valence electrons. The summed E-state index contributed by atoms with van der Waals surface area (Å²) in [6.45, 7) is 5.18. The third-order valence-corrected chi connectivity index (χ3v) is 1.96. The fraction of sp³-hybridized carbons (Fsp3) is 0.417. The molecule has 0 spiro atoms. The smallest absolute Gasteiger partial charge is 0.146 e. The van der Waals surface area contributed by atoms with Crippen molar-refractivity contribution in [2.75, 3.05) is 7.05 Å². The van der Waals surface area contributed by atoms with E-state index in [1.165, 1.54) is 0 Å². The number of carbonyl (C=O) groups excluding carboxylic acids is 1. The molecule has 0 aliphatic heterocycles. The molecular weight excluding hydrogens is 174 g/mol. The van der Waals surface area contributed by atoms with Crippen LogP contribution in [0.2, 0.25) is 0 Å². The molecule has 0 bridgehead atoms. The third-order valence-electron chi connectivity index (χ3n) is 1.96. The summed E-state index contributed by atoms with van der Waals surface area (Å²) in [6.07, 6.45) is 11.3. The van der Waals surface area contributed by atoms with Gasteiger partial charge in [-0.25, -0.2) is 0 Å². The SMILES string of the molecule is C=C/C=C\C=C/CCC(NC)C(C)=O. The number of rotatable bonds is 7. The maximum absolute atomic E-state index is 11.0. The summed E-state index contributed by atoms with van der Waals surface area (Å²) in [5.41, 5.74) is 0. The van der Waals surface area contributed by atoms with Gasteiger partial charge in [-0.1, -0.05) is 37.0 Å². The van der Waals surface area contributed by atoms with Crippen molar-refractivity contribution in [2.45, 2.75) is 25.8 Å². The van der Waals surface area contributed by atoms with E-state index < -0.39 is 0 Å². The number of allylic oxidation sites excluding steroid dienone is 5. The van der Waals surface area contributed by atoms with E-state index in [0.29, 0.717) is 0 Å². The fourth-order valence-corrected chi connectivity index (χ4v) is 1.13. The molecule has 14 heavy (non-hydrogen) atoms. The molecule has 0 radical (unpaired) electrons. The molecule has 2 heteroatoms. The van der Waals surface area contributed by atoms with Crippen molar-refractivity contribution >= 4 is 5.78 Å². The number of carbonyl (C=O) groups is 1. The van der Waals surface area contributed by atoms with Crippen LogP contribution in [0.1, 0.15) is 19.8 Å². The molecule has 0 aliphatic carbocycles. The lowest BCUT2D eigenvalue weighted by Gasteiger charge is -2.09. The predicted molar refractivity (Wildman–Crippen MR) is 61.2 cm³/mol. The van der Waals surface area contributed by atoms with Gasteiger partial charge in [0.1, 0.15) is 5.78 Å². The van der Waals surface area contributed by atoms with Gasteiger partial charge in [-0.3, -0.25) is 4.79 Å². The summed E-state index contributed by atoms with van der Waals surface area (Å²) in [6, 6.07) is -0.0111. The van der Waals surface area contributed by atoms with Gasteiger partial charge in [0.05, 0.1) is 6.04 Å². The summed E-state index contributed by atoms with van der Waals surface area (Å²) in [5, 5.41) is 2.99. The highest BCUT2D eigenvalue weighted by molar-refractivity contribution is 5.81. The fourth-order valence-electron chi connectivity index (χ4n) is 1.13. The molecule has 0 amide bonds. The van der Waals surface area contributed by atoms with Crippen LogP contribution in [0, 0.1) is 0 Å². The third kappa shape index (κ3) is 6.38. The molecule has 0 aromatic rings. The van der Waals surface area contributed by atoms with Crippen LogP contribution in [0.15, 0.2) is 37.0 Å². The highest BCUT2D eigenvalue weighted by Gasteiger charge is 2.08. The average Bonchev–Trinajstić information content (AvgIpc) is 2.16. The molecule has 1 N–H and O–H groups in total. The standard InChI is InChI=1S/C12H19NO/c1-4-5-6-7-8-9-10-12(13-3)11(2)14/h4-8,12-13H,1,9-10H2,2-3H3/b6-5-,8-7-. The highest BCUT2D eigenvalue weighted by Crippen LogP contribution is 1.99. The Morgan fingerprint density at radius 2 is 2.14 bits per heavy atom. The quantitative estimate of drug-likeness (QED) is 0.628. The second-order valence-electron chi connectivity index (χ2n) is 3.08. The second kappa shape index (κ2) is 8.45. The van der Waals surface area contributed by atoms with Crippen LogP contribution < -0.4 is 5.32 Å². The van der Waals surface area contributed by atoms with Gasteiger partial charge >= 0.3 is 0 Å². The van der Waals surface area contributed by atoms with Gasteiger partial charge in [-0.15, -0.1) is 0 Å². The van der Waals surface area contributed by atoms with Gasteiger partial charge < -0.3 is 5.32 Å². The normalized spacial score (nSPS) is 13.6. The van der Waals surface area contributed by atoms with Crippen molar-refractivity contribution < 1.29 is 4.79 Å². The van der Waals surface area contributed by atoms with Crippen LogP contribution >= 0.6 is 0 Å². The van der Waals surface area contributed by atoms with E-state index >= 15 is 0 Å². The summed E-state index contributed by atoms with van der Waals surface area (Å²) >= 11 is 0. The molecule has 0 aromatic carbocycles. The second-order valence-corrected chi connectivity index (χ2v) is 3.08. The van der Waals surface area contributed by atoms with Crippen LogP contribution in [0.4, 0.5) is 0 Å². The first-order chi connectivity index (χ1) is 6.72. The van der Waals surface area contributed by atoms with Crippen molar-refractivity contribution in [1.29, 1.82) is 0 Å². The summed E-state index contributed by atoms with van der Waals surface area (Å²) in [5.74, 6) is 0.197. The molecule has 1 atom stereocenters. The van der Waals surface area contributed by atoms with Gasteiger partial charge in [0.25, 0.3) is 0 Å². The highest BCUT2D eigenvalue weighted by atomic mass is 16.1. The molecule has 0 heterocycles. The van der Waals surface area contributed by atoms with Crippen LogP contribution in [-0.2, 0) is 4.79 Å². The minimum atomic E-state index is -0.0111. The molecule has 2 nitrogen and oxygen atoms in total. The molecule has 0 rings (SSSR count). The molecule has 0 aliphatic rings. The Kier molecular flexibility index (Phi) is 7.75. The Hall–Kier alpha value is -1.15. The number of ketones is 1. The molecule has 0 saturated heterocycles. The number of Topliss-reactive ketones (excluding diaryl/α,β-unsaturated/α-hetero) is 1. The Morgan fingerprint density at radius 1 is 1.43 bits per heavy atom.